The zero-order valence-corrected chi connectivity index (χ0v) is 23.1. The van der Waals surface area contributed by atoms with Crippen LogP contribution in [-0.4, -0.2) is 81.7 Å². The standard InChI is InChI=1S/C29H31ClN6O5/c30-24-15-32-28(33-22-8-12-41-13-9-22)34-26(24)20-6-7-21-17-36(27(38)23(21)14-20)18-25(37)35(11-10-31-29(39)40)16-19-4-2-1-3-5-19/h1-7,14-15,22,31H,8-13,16-18H2,(H,39,40)(H,32,33,34). The molecule has 0 aliphatic carbocycles. The van der Waals surface area contributed by atoms with Gasteiger partial charge < -0.3 is 30.3 Å². The van der Waals surface area contributed by atoms with E-state index in [1.165, 1.54) is 4.90 Å². The van der Waals surface area contributed by atoms with Crippen LogP contribution < -0.4 is 10.6 Å². The monoisotopic (exact) mass is 578 g/mol. The van der Waals surface area contributed by atoms with E-state index in [4.69, 9.17) is 21.4 Å². The maximum Gasteiger partial charge on any atom is 0.404 e. The highest BCUT2D eigenvalue weighted by Gasteiger charge is 2.31. The average Bonchev–Trinajstić information content (AvgIpc) is 3.28. The summed E-state index contributed by atoms with van der Waals surface area (Å²) in [6, 6.07) is 15.1. The summed E-state index contributed by atoms with van der Waals surface area (Å²) in [4.78, 5) is 49.6. The smallest absolute Gasteiger partial charge is 0.404 e. The predicted octanol–water partition coefficient (Wildman–Crippen LogP) is 3.64. The SMILES string of the molecule is O=C(O)NCCN(Cc1ccccc1)C(=O)CN1Cc2ccc(-c3nc(NC4CCOCC4)ncc3Cl)cc2C1=O. The molecule has 11 nitrogen and oxygen atoms in total. The summed E-state index contributed by atoms with van der Waals surface area (Å²) in [5.74, 6) is -0.0689. The number of carbonyl (C=O) groups excluding carboxylic acids is 2. The average molecular weight is 579 g/mol. The van der Waals surface area contributed by atoms with Crippen LogP contribution in [0.4, 0.5) is 10.7 Å². The molecule has 0 radical (unpaired) electrons. The number of fused-ring (bicyclic) bond motifs is 1. The summed E-state index contributed by atoms with van der Waals surface area (Å²) in [6.07, 6.45) is 2.12. The van der Waals surface area contributed by atoms with Gasteiger partial charge in [0.15, 0.2) is 0 Å². The first-order valence-corrected chi connectivity index (χ1v) is 13.8. The van der Waals surface area contributed by atoms with Crippen molar-refractivity contribution in [3.63, 3.8) is 0 Å². The van der Waals surface area contributed by atoms with Gasteiger partial charge in [-0.2, -0.15) is 0 Å². The Kier molecular flexibility index (Phi) is 8.95. The highest BCUT2D eigenvalue weighted by atomic mass is 35.5. The quantitative estimate of drug-likeness (QED) is 0.332. The lowest BCUT2D eigenvalue weighted by molar-refractivity contribution is -0.132. The number of aromatic nitrogens is 2. The van der Waals surface area contributed by atoms with Gasteiger partial charge in [-0.1, -0.05) is 54.1 Å². The minimum absolute atomic E-state index is 0.0799. The summed E-state index contributed by atoms with van der Waals surface area (Å²) >= 11 is 6.46. The zero-order chi connectivity index (χ0) is 28.8. The van der Waals surface area contributed by atoms with Crippen LogP contribution in [0.15, 0.2) is 54.7 Å². The summed E-state index contributed by atoms with van der Waals surface area (Å²) in [6.45, 7) is 2.10. The third kappa shape index (κ3) is 7.11. The number of hydrogen-bond donors (Lipinski definition) is 3. The number of ether oxygens (including phenoxy) is 1. The molecule has 0 saturated carbocycles. The molecule has 3 aromatic rings. The molecule has 3 amide bonds. The van der Waals surface area contributed by atoms with Crippen LogP contribution >= 0.6 is 11.6 Å². The van der Waals surface area contributed by atoms with E-state index >= 15 is 0 Å². The van der Waals surface area contributed by atoms with Gasteiger partial charge in [0.25, 0.3) is 5.91 Å². The van der Waals surface area contributed by atoms with E-state index in [0.29, 0.717) is 54.1 Å². The maximum absolute atomic E-state index is 13.4. The summed E-state index contributed by atoms with van der Waals surface area (Å²) in [5.41, 5.74) is 3.40. The first-order chi connectivity index (χ1) is 19.9. The Bertz CT molecular complexity index is 1420. The normalized spacial score (nSPS) is 15.0. The first kappa shape index (κ1) is 28.3. The molecule has 1 aromatic heterocycles. The minimum Gasteiger partial charge on any atom is -0.465 e. The lowest BCUT2D eigenvalue weighted by Crippen LogP contribution is -2.43. The van der Waals surface area contributed by atoms with Gasteiger partial charge in [0.1, 0.15) is 6.54 Å². The van der Waals surface area contributed by atoms with Gasteiger partial charge in [0.2, 0.25) is 11.9 Å². The van der Waals surface area contributed by atoms with E-state index in [1.54, 1.807) is 17.2 Å². The van der Waals surface area contributed by atoms with Crippen molar-refractivity contribution in [3.05, 3.63) is 76.4 Å². The maximum atomic E-state index is 13.4. The minimum atomic E-state index is -1.16. The van der Waals surface area contributed by atoms with E-state index in [1.807, 2.05) is 42.5 Å². The van der Waals surface area contributed by atoms with Gasteiger partial charge in [-0.25, -0.2) is 14.8 Å². The second-order valence-corrected chi connectivity index (χ2v) is 10.4. The number of carboxylic acid groups (broad SMARTS) is 1. The second-order valence-electron chi connectivity index (χ2n) is 9.99. The summed E-state index contributed by atoms with van der Waals surface area (Å²) < 4.78 is 5.41. The molecule has 41 heavy (non-hydrogen) atoms. The topological polar surface area (TPSA) is 137 Å². The molecule has 3 N–H and O–H groups in total. The number of nitrogens with one attached hydrogen (secondary N) is 2. The van der Waals surface area contributed by atoms with Crippen LogP contribution in [-0.2, 0) is 22.6 Å². The number of hydrogen-bond acceptors (Lipinski definition) is 7. The number of amides is 3. The third-order valence-electron chi connectivity index (χ3n) is 7.11. The molecular formula is C29H31ClN6O5. The Balaban J connectivity index is 1.29. The van der Waals surface area contributed by atoms with Crippen LogP contribution in [0.25, 0.3) is 11.3 Å². The molecule has 2 aromatic carbocycles. The third-order valence-corrected chi connectivity index (χ3v) is 7.39. The molecule has 3 heterocycles. The van der Waals surface area contributed by atoms with Gasteiger partial charge in [0.05, 0.1) is 16.9 Å². The van der Waals surface area contributed by atoms with Crippen molar-refractivity contribution in [1.82, 2.24) is 25.1 Å². The van der Waals surface area contributed by atoms with E-state index in [0.717, 1.165) is 24.0 Å². The Morgan fingerprint density at radius 2 is 1.93 bits per heavy atom. The fraction of sp³-hybridized carbons (Fsp3) is 0.345. The van der Waals surface area contributed by atoms with Crippen molar-refractivity contribution < 1.29 is 24.2 Å². The van der Waals surface area contributed by atoms with E-state index in [9.17, 15) is 14.4 Å². The van der Waals surface area contributed by atoms with E-state index in [-0.39, 0.29) is 37.5 Å². The summed E-state index contributed by atoms with van der Waals surface area (Å²) in [5, 5.41) is 14.9. The van der Waals surface area contributed by atoms with Gasteiger partial charge in [-0.05, 0) is 30.0 Å². The van der Waals surface area contributed by atoms with Crippen molar-refractivity contribution in [1.29, 1.82) is 0 Å². The van der Waals surface area contributed by atoms with Crippen molar-refractivity contribution in [3.8, 4) is 11.3 Å². The van der Waals surface area contributed by atoms with Gasteiger partial charge in [0, 0.05) is 56.6 Å². The van der Waals surface area contributed by atoms with Crippen molar-refractivity contribution in [2.45, 2.75) is 32.0 Å². The van der Waals surface area contributed by atoms with Crippen LogP contribution in [0.2, 0.25) is 5.02 Å². The number of anilines is 1. The summed E-state index contributed by atoms with van der Waals surface area (Å²) in [7, 11) is 0. The Morgan fingerprint density at radius 1 is 1.15 bits per heavy atom. The number of carbonyl (C=O) groups is 3. The van der Waals surface area contributed by atoms with Gasteiger partial charge in [-0.15, -0.1) is 0 Å². The first-order valence-electron chi connectivity index (χ1n) is 13.5. The zero-order valence-electron chi connectivity index (χ0n) is 22.4. The van der Waals surface area contributed by atoms with E-state index < -0.39 is 6.09 Å². The Hall–Kier alpha value is -4.22. The van der Waals surface area contributed by atoms with Crippen LogP contribution in [0, 0.1) is 0 Å². The lowest BCUT2D eigenvalue weighted by Gasteiger charge is -2.25. The Morgan fingerprint density at radius 3 is 2.68 bits per heavy atom. The fourth-order valence-electron chi connectivity index (χ4n) is 4.96. The molecule has 1 saturated heterocycles. The van der Waals surface area contributed by atoms with Crippen LogP contribution in [0.5, 0.6) is 0 Å². The van der Waals surface area contributed by atoms with Crippen LogP contribution in [0.3, 0.4) is 0 Å². The largest absolute Gasteiger partial charge is 0.465 e. The lowest BCUT2D eigenvalue weighted by atomic mass is 10.0. The van der Waals surface area contributed by atoms with Crippen LogP contribution in [0.1, 0.15) is 34.3 Å². The fourth-order valence-corrected chi connectivity index (χ4v) is 5.16. The highest BCUT2D eigenvalue weighted by molar-refractivity contribution is 6.33. The van der Waals surface area contributed by atoms with Gasteiger partial charge in [-0.3, -0.25) is 9.59 Å². The second kappa shape index (κ2) is 13.0. The molecule has 2 aliphatic heterocycles. The molecule has 214 valence electrons. The number of benzene rings is 2. The van der Waals surface area contributed by atoms with E-state index in [2.05, 4.69) is 20.6 Å². The van der Waals surface area contributed by atoms with Crippen molar-refractivity contribution in [2.24, 2.45) is 0 Å². The molecule has 0 unspecified atom stereocenters. The molecule has 12 heteroatoms. The molecular weight excluding hydrogens is 548 g/mol. The molecule has 5 rings (SSSR count). The molecule has 0 spiro atoms. The number of halogens is 1. The molecule has 2 aliphatic rings. The molecule has 1 fully saturated rings. The highest BCUT2D eigenvalue weighted by Crippen LogP contribution is 2.31. The number of nitrogens with zero attached hydrogens (tertiary/aromatic N) is 4. The van der Waals surface area contributed by atoms with Gasteiger partial charge >= 0.3 is 6.09 Å². The Labute approximate surface area is 242 Å². The molecule has 0 atom stereocenters. The number of rotatable bonds is 10. The predicted molar refractivity (Wildman–Crippen MR) is 153 cm³/mol. The van der Waals surface area contributed by atoms with Crippen molar-refractivity contribution in [2.75, 3.05) is 38.2 Å². The molecule has 0 bridgehead atoms. The van der Waals surface area contributed by atoms with Crippen molar-refractivity contribution >= 4 is 35.5 Å².